The molecule has 208 valence electrons. The summed E-state index contributed by atoms with van der Waals surface area (Å²) in [5, 5.41) is 28.9. The zero-order chi connectivity index (χ0) is 28.6. The first-order valence-corrected chi connectivity index (χ1v) is 14.0. The molecule has 4 N–H and O–H groups in total. The van der Waals surface area contributed by atoms with Gasteiger partial charge < -0.3 is 21.0 Å². The molecule has 0 bridgehead atoms. The summed E-state index contributed by atoms with van der Waals surface area (Å²) in [4.78, 5) is 63.6. The van der Waals surface area contributed by atoms with Gasteiger partial charge in [0, 0.05) is 22.4 Å². The molecule has 2 unspecified atom stereocenters. The molecule has 0 spiro atoms. The van der Waals surface area contributed by atoms with Crippen LogP contribution in [0, 0.1) is 10.1 Å². The Hall–Kier alpha value is -4.16. The first-order valence-electron chi connectivity index (χ1n) is 11.5. The molecule has 1 fully saturated rings. The summed E-state index contributed by atoms with van der Waals surface area (Å²) in [6.45, 7) is -1.23. The Morgan fingerprint density at radius 1 is 1.40 bits per heavy atom. The first-order chi connectivity index (χ1) is 19.2. The van der Waals surface area contributed by atoms with Crippen molar-refractivity contribution in [3.05, 3.63) is 50.0 Å². The van der Waals surface area contributed by atoms with E-state index < -0.39 is 48.1 Å². The third-order valence-electron chi connectivity index (χ3n) is 5.96. The number of β-lactam (4-membered cyclic amide) rings is 1. The number of nitro benzene ring substituents is 1. The van der Waals surface area contributed by atoms with E-state index in [0.29, 0.717) is 25.9 Å². The quantitative estimate of drug-likeness (QED) is 0.100. The second-order valence-electron chi connectivity index (χ2n) is 8.37. The minimum Gasteiger partial charge on any atom is -0.477 e. The number of carbonyl (C=O) groups excluding carboxylic acids is 2. The molecule has 4 heterocycles. The zero-order valence-corrected chi connectivity index (χ0v) is 22.6. The van der Waals surface area contributed by atoms with E-state index >= 15 is 0 Å². The molecule has 0 radical (unpaired) electrons. The summed E-state index contributed by atoms with van der Waals surface area (Å²) in [6.07, 6.45) is 0.632. The number of allylic oxidation sites excluding steroid dienone is 1. The van der Waals surface area contributed by atoms with Crippen LogP contribution < -0.4 is 11.1 Å². The van der Waals surface area contributed by atoms with Crippen LogP contribution in [0.4, 0.5) is 15.2 Å². The number of oxime groups is 1. The van der Waals surface area contributed by atoms with Crippen LogP contribution in [0.25, 0.3) is 10.2 Å². The van der Waals surface area contributed by atoms with Gasteiger partial charge in [-0.2, -0.15) is 0 Å². The number of nitrogens with zero attached hydrogens (tertiary/aromatic N) is 5. The average Bonchev–Trinajstić information content (AvgIpc) is 3.53. The van der Waals surface area contributed by atoms with Gasteiger partial charge in [-0.25, -0.2) is 19.2 Å². The van der Waals surface area contributed by atoms with Gasteiger partial charge in [0.15, 0.2) is 15.2 Å². The number of benzene rings is 1. The van der Waals surface area contributed by atoms with Gasteiger partial charge in [-0.3, -0.25) is 24.6 Å². The highest BCUT2D eigenvalue weighted by Gasteiger charge is 2.54. The lowest BCUT2D eigenvalue weighted by atomic mass is 9.86. The maximum absolute atomic E-state index is 13.1. The summed E-state index contributed by atoms with van der Waals surface area (Å²) >= 11 is 3.31. The van der Waals surface area contributed by atoms with Crippen LogP contribution >= 0.6 is 34.4 Å². The SMILES string of the molecule is Nc1nc(/C(=N/OCCF)C(=O)NC2C(=O)N3C(C(=O)O)=C(Sc4nc5ccc([N+](=O)[O-])cc5s4)CCC23)cs1. The van der Waals surface area contributed by atoms with Crippen molar-refractivity contribution in [2.75, 3.05) is 19.0 Å². The number of alkyl halides is 1. The molecule has 40 heavy (non-hydrogen) atoms. The highest BCUT2D eigenvalue weighted by atomic mass is 32.2. The second-order valence-corrected chi connectivity index (χ2v) is 11.6. The van der Waals surface area contributed by atoms with Gasteiger partial charge >= 0.3 is 5.97 Å². The van der Waals surface area contributed by atoms with Crippen LogP contribution in [0.2, 0.25) is 0 Å². The van der Waals surface area contributed by atoms with Crippen molar-refractivity contribution in [2.45, 2.75) is 29.3 Å². The second kappa shape index (κ2) is 11.1. The smallest absolute Gasteiger partial charge is 0.353 e. The molecule has 14 nitrogen and oxygen atoms in total. The van der Waals surface area contributed by atoms with Gasteiger partial charge in [-0.05, 0) is 18.9 Å². The summed E-state index contributed by atoms with van der Waals surface area (Å²) < 4.78 is 13.5. The minimum atomic E-state index is -1.32. The number of rotatable bonds is 10. The number of carboxylic acid groups (broad SMARTS) is 1. The summed E-state index contributed by atoms with van der Waals surface area (Å²) in [5.74, 6) is -2.76. The first kappa shape index (κ1) is 27.4. The number of non-ortho nitro benzene ring substituents is 1. The number of nitrogens with two attached hydrogens (primary N) is 1. The van der Waals surface area contributed by atoms with E-state index in [9.17, 15) is 34.0 Å². The molecule has 18 heteroatoms. The predicted octanol–water partition coefficient (Wildman–Crippen LogP) is 2.51. The van der Waals surface area contributed by atoms with Crippen LogP contribution in [-0.2, 0) is 19.2 Å². The Morgan fingerprint density at radius 3 is 2.88 bits per heavy atom. The number of fused-ring (bicyclic) bond motifs is 2. The fourth-order valence-corrected chi connectivity index (χ4v) is 7.11. The van der Waals surface area contributed by atoms with Gasteiger partial charge in [-0.1, -0.05) is 16.9 Å². The molecule has 2 atom stereocenters. The molecule has 1 saturated heterocycles. The molecule has 2 aliphatic rings. The van der Waals surface area contributed by atoms with Gasteiger partial charge in [0.05, 0.1) is 21.2 Å². The molecular formula is C22H18FN7O7S3. The number of hydrogen-bond acceptors (Lipinski definition) is 13. The van der Waals surface area contributed by atoms with Gasteiger partial charge in [0.25, 0.3) is 17.5 Å². The van der Waals surface area contributed by atoms with E-state index in [1.54, 1.807) is 0 Å². The maximum atomic E-state index is 13.1. The van der Waals surface area contributed by atoms with Crippen molar-refractivity contribution < 1.29 is 33.6 Å². The highest BCUT2D eigenvalue weighted by molar-refractivity contribution is 8.04. The van der Waals surface area contributed by atoms with Gasteiger partial charge in [0.1, 0.15) is 30.7 Å². The number of thioether (sulfide) groups is 1. The van der Waals surface area contributed by atoms with E-state index in [1.807, 2.05) is 0 Å². The Morgan fingerprint density at radius 2 is 2.20 bits per heavy atom. The molecule has 5 rings (SSSR count). The third-order valence-corrected chi connectivity index (χ3v) is 8.86. The topological polar surface area (TPSA) is 203 Å². The summed E-state index contributed by atoms with van der Waals surface area (Å²) in [6, 6.07) is 2.59. The largest absolute Gasteiger partial charge is 0.477 e. The molecule has 1 aromatic carbocycles. The molecule has 3 aromatic rings. The van der Waals surface area contributed by atoms with Crippen LogP contribution in [0.1, 0.15) is 18.5 Å². The Labute approximate surface area is 235 Å². The normalized spacial score (nSPS) is 18.9. The number of hydrogen-bond donors (Lipinski definition) is 3. The molecular weight excluding hydrogens is 589 g/mol. The lowest BCUT2D eigenvalue weighted by Gasteiger charge is -2.49. The summed E-state index contributed by atoms with van der Waals surface area (Å²) in [7, 11) is 0. The van der Waals surface area contributed by atoms with E-state index in [1.165, 1.54) is 34.9 Å². The minimum absolute atomic E-state index is 0.0807. The van der Waals surface area contributed by atoms with Gasteiger partial charge in [-0.15, -0.1) is 22.7 Å². The van der Waals surface area contributed by atoms with Crippen molar-refractivity contribution in [1.29, 1.82) is 0 Å². The van der Waals surface area contributed by atoms with Gasteiger partial charge in [0.2, 0.25) is 0 Å². The number of nitro groups is 1. The lowest BCUT2D eigenvalue weighted by Crippen LogP contribution is -2.72. The fraction of sp³-hybridized carbons (Fsp3) is 0.273. The van der Waals surface area contributed by atoms with E-state index in [4.69, 9.17) is 10.6 Å². The standard InChI is InChI=1S/C22H18FN7O7S3/c23-5-6-37-28-15(11-8-38-21(24)25-11)18(31)27-16-12-3-4-13(17(20(33)34)29(12)19(16)32)39-22-26-10-2-1-9(30(35)36)7-14(10)40-22/h1-2,7-8,12,16H,3-6H2,(H2,24,25)(H,27,31)(H,33,34)/b28-15-. The summed E-state index contributed by atoms with van der Waals surface area (Å²) in [5.41, 5.74) is 5.65. The molecule has 0 saturated carbocycles. The maximum Gasteiger partial charge on any atom is 0.353 e. The Bertz CT molecular complexity index is 1600. The number of amides is 2. The monoisotopic (exact) mass is 607 g/mol. The number of nitrogen functional groups attached to an aromatic ring is 1. The number of aromatic nitrogens is 2. The Balaban J connectivity index is 1.35. The van der Waals surface area contributed by atoms with E-state index in [0.717, 1.165) is 28.0 Å². The number of thiazole rings is 2. The van der Waals surface area contributed by atoms with Crippen molar-refractivity contribution in [3.8, 4) is 0 Å². The number of carboxylic acids is 1. The fourth-order valence-electron chi connectivity index (χ4n) is 4.24. The van der Waals surface area contributed by atoms with E-state index in [-0.39, 0.29) is 34.3 Å². The van der Waals surface area contributed by atoms with Crippen molar-refractivity contribution in [3.63, 3.8) is 0 Å². The average molecular weight is 608 g/mol. The van der Waals surface area contributed by atoms with Crippen LogP contribution in [0.3, 0.4) is 0 Å². The predicted molar refractivity (Wildman–Crippen MR) is 144 cm³/mol. The van der Waals surface area contributed by atoms with Crippen molar-refractivity contribution in [2.24, 2.45) is 5.16 Å². The molecule has 2 aromatic heterocycles. The lowest BCUT2D eigenvalue weighted by molar-refractivity contribution is -0.384. The number of nitrogens with one attached hydrogen (secondary N) is 1. The van der Waals surface area contributed by atoms with E-state index in [2.05, 4.69) is 20.4 Å². The molecule has 0 aliphatic carbocycles. The number of aliphatic carboxylic acids is 1. The van der Waals surface area contributed by atoms with Crippen LogP contribution in [-0.4, -0.2) is 73.8 Å². The molecule has 2 amide bonds. The van der Waals surface area contributed by atoms with Crippen LogP contribution in [0.5, 0.6) is 0 Å². The highest BCUT2D eigenvalue weighted by Crippen LogP contribution is 2.45. The van der Waals surface area contributed by atoms with Crippen molar-refractivity contribution >= 4 is 79.0 Å². The molecule has 2 aliphatic heterocycles. The zero-order valence-electron chi connectivity index (χ0n) is 20.1. The van der Waals surface area contributed by atoms with Crippen LogP contribution in [0.15, 0.2) is 43.7 Å². The number of halogens is 1. The number of carbonyl (C=O) groups is 3. The number of anilines is 1. The Kier molecular flexibility index (Phi) is 7.63. The third kappa shape index (κ3) is 5.19. The van der Waals surface area contributed by atoms with Crippen molar-refractivity contribution in [1.82, 2.24) is 20.2 Å².